The van der Waals surface area contributed by atoms with E-state index in [1.807, 2.05) is 18.2 Å². The molecule has 0 spiro atoms. The van der Waals surface area contributed by atoms with Gasteiger partial charge in [0, 0.05) is 17.7 Å². The molecule has 0 radical (unpaired) electrons. The predicted octanol–water partition coefficient (Wildman–Crippen LogP) is 2.41. The monoisotopic (exact) mass is 245 g/mol. The second kappa shape index (κ2) is 7.52. The Kier molecular flexibility index (Phi) is 5.96. The summed E-state index contributed by atoms with van der Waals surface area (Å²) in [5.41, 5.74) is 1.53. The fourth-order valence-corrected chi connectivity index (χ4v) is 1.46. The van der Waals surface area contributed by atoms with Crippen LogP contribution in [0.25, 0.3) is 0 Å². The molecule has 1 aromatic rings. The standard InChI is InChI=1S/C15H19NO2/c1-12(2)8-9-15(18)16-14-7-3-5-13(11-14)6-4-10-17/h3,5,7,11-12,17H,8-10H2,1-2H3,(H,16,18). The van der Waals surface area contributed by atoms with E-state index in [0.717, 1.165) is 17.7 Å². The van der Waals surface area contributed by atoms with Gasteiger partial charge in [-0.15, -0.1) is 0 Å². The Hall–Kier alpha value is -1.79. The maximum absolute atomic E-state index is 11.7. The third-order valence-electron chi connectivity index (χ3n) is 2.41. The van der Waals surface area contributed by atoms with Gasteiger partial charge in [-0.05, 0) is 30.5 Å². The number of rotatable bonds is 4. The van der Waals surface area contributed by atoms with Crippen molar-refractivity contribution in [3.05, 3.63) is 29.8 Å². The largest absolute Gasteiger partial charge is 0.384 e. The minimum atomic E-state index is -0.162. The van der Waals surface area contributed by atoms with Gasteiger partial charge in [-0.25, -0.2) is 0 Å². The topological polar surface area (TPSA) is 49.3 Å². The van der Waals surface area contributed by atoms with Crippen LogP contribution >= 0.6 is 0 Å². The van der Waals surface area contributed by atoms with Crippen LogP contribution in [0.3, 0.4) is 0 Å². The molecule has 0 fully saturated rings. The summed E-state index contributed by atoms with van der Waals surface area (Å²) in [4.78, 5) is 11.7. The Labute approximate surface area is 108 Å². The molecule has 0 aromatic heterocycles. The average Bonchev–Trinajstić information content (AvgIpc) is 2.34. The molecule has 3 nitrogen and oxygen atoms in total. The van der Waals surface area contributed by atoms with Gasteiger partial charge in [-0.1, -0.05) is 31.8 Å². The van der Waals surface area contributed by atoms with Crippen molar-refractivity contribution >= 4 is 11.6 Å². The number of anilines is 1. The zero-order valence-corrected chi connectivity index (χ0v) is 10.9. The van der Waals surface area contributed by atoms with Crippen LogP contribution in [0.15, 0.2) is 24.3 Å². The Bertz CT molecular complexity index is 455. The SMILES string of the molecule is CC(C)CCC(=O)Nc1cccc(C#CCO)c1. The van der Waals surface area contributed by atoms with Crippen LogP contribution in [0.2, 0.25) is 0 Å². The molecule has 0 unspecified atom stereocenters. The number of amides is 1. The summed E-state index contributed by atoms with van der Waals surface area (Å²) in [7, 11) is 0. The number of nitrogens with one attached hydrogen (secondary N) is 1. The average molecular weight is 245 g/mol. The van der Waals surface area contributed by atoms with Crippen molar-refractivity contribution in [1.82, 2.24) is 0 Å². The van der Waals surface area contributed by atoms with E-state index >= 15 is 0 Å². The Balaban J connectivity index is 2.59. The molecule has 0 saturated carbocycles. The van der Waals surface area contributed by atoms with Gasteiger partial charge in [0.25, 0.3) is 0 Å². The summed E-state index contributed by atoms with van der Waals surface area (Å²) in [6, 6.07) is 7.30. The second-order valence-electron chi connectivity index (χ2n) is 4.52. The van der Waals surface area contributed by atoms with Crippen molar-refractivity contribution in [2.45, 2.75) is 26.7 Å². The zero-order valence-electron chi connectivity index (χ0n) is 10.9. The van der Waals surface area contributed by atoms with Crippen LogP contribution in [0.5, 0.6) is 0 Å². The summed E-state index contributed by atoms with van der Waals surface area (Å²) in [6.07, 6.45) is 1.42. The first-order chi connectivity index (χ1) is 8.61. The number of aliphatic hydroxyl groups is 1. The molecule has 18 heavy (non-hydrogen) atoms. The van der Waals surface area contributed by atoms with Crippen LogP contribution in [0.1, 0.15) is 32.3 Å². The van der Waals surface area contributed by atoms with E-state index in [1.165, 1.54) is 0 Å². The number of carbonyl (C=O) groups excluding carboxylic acids is 1. The molecule has 0 aliphatic rings. The van der Waals surface area contributed by atoms with E-state index in [-0.39, 0.29) is 12.5 Å². The number of carbonyl (C=O) groups is 1. The van der Waals surface area contributed by atoms with Crippen molar-refractivity contribution in [3.63, 3.8) is 0 Å². The van der Waals surface area contributed by atoms with E-state index in [1.54, 1.807) is 6.07 Å². The molecule has 1 aromatic carbocycles. The fourth-order valence-electron chi connectivity index (χ4n) is 1.46. The Morgan fingerprint density at radius 2 is 2.22 bits per heavy atom. The van der Waals surface area contributed by atoms with Gasteiger partial charge in [0.05, 0.1) is 0 Å². The van der Waals surface area contributed by atoms with E-state index in [2.05, 4.69) is 31.0 Å². The van der Waals surface area contributed by atoms with Crippen LogP contribution in [0, 0.1) is 17.8 Å². The molecule has 0 bridgehead atoms. The quantitative estimate of drug-likeness (QED) is 0.800. The van der Waals surface area contributed by atoms with Crippen LogP contribution < -0.4 is 5.32 Å². The number of aliphatic hydroxyl groups excluding tert-OH is 1. The first kappa shape index (κ1) is 14.3. The molecular weight excluding hydrogens is 226 g/mol. The highest BCUT2D eigenvalue weighted by atomic mass is 16.2. The molecule has 1 rings (SSSR count). The van der Waals surface area contributed by atoms with Gasteiger partial charge in [-0.2, -0.15) is 0 Å². The van der Waals surface area contributed by atoms with Crippen molar-refractivity contribution in [2.75, 3.05) is 11.9 Å². The summed E-state index contributed by atoms with van der Waals surface area (Å²) < 4.78 is 0. The first-order valence-corrected chi connectivity index (χ1v) is 6.11. The van der Waals surface area contributed by atoms with Crippen molar-refractivity contribution in [1.29, 1.82) is 0 Å². The highest BCUT2D eigenvalue weighted by Gasteiger charge is 2.04. The lowest BCUT2D eigenvalue weighted by Crippen LogP contribution is -2.12. The Morgan fingerprint density at radius 3 is 2.89 bits per heavy atom. The van der Waals surface area contributed by atoms with Crippen LogP contribution in [0.4, 0.5) is 5.69 Å². The molecule has 3 heteroatoms. The number of hydrogen-bond donors (Lipinski definition) is 2. The summed E-state index contributed by atoms with van der Waals surface area (Å²) >= 11 is 0. The normalized spacial score (nSPS) is 9.78. The summed E-state index contributed by atoms with van der Waals surface area (Å²) in [5.74, 6) is 5.93. The lowest BCUT2D eigenvalue weighted by Gasteiger charge is -2.07. The van der Waals surface area contributed by atoms with Crippen LogP contribution in [-0.4, -0.2) is 17.6 Å². The van der Waals surface area contributed by atoms with Gasteiger partial charge in [0.15, 0.2) is 0 Å². The number of benzene rings is 1. The third-order valence-corrected chi connectivity index (χ3v) is 2.41. The lowest BCUT2D eigenvalue weighted by atomic mass is 10.1. The minimum absolute atomic E-state index is 0.0240. The lowest BCUT2D eigenvalue weighted by molar-refractivity contribution is -0.116. The van der Waals surface area contributed by atoms with Crippen molar-refractivity contribution < 1.29 is 9.90 Å². The maximum Gasteiger partial charge on any atom is 0.224 e. The maximum atomic E-state index is 11.7. The van der Waals surface area contributed by atoms with Crippen molar-refractivity contribution in [3.8, 4) is 11.8 Å². The van der Waals surface area contributed by atoms with E-state index < -0.39 is 0 Å². The smallest absolute Gasteiger partial charge is 0.224 e. The minimum Gasteiger partial charge on any atom is -0.384 e. The van der Waals surface area contributed by atoms with Gasteiger partial charge in [0.1, 0.15) is 6.61 Å². The van der Waals surface area contributed by atoms with Crippen LogP contribution in [-0.2, 0) is 4.79 Å². The molecule has 0 aliphatic carbocycles. The fraction of sp³-hybridized carbons (Fsp3) is 0.400. The second-order valence-corrected chi connectivity index (χ2v) is 4.52. The number of hydrogen-bond acceptors (Lipinski definition) is 2. The summed E-state index contributed by atoms with van der Waals surface area (Å²) in [6.45, 7) is 4.03. The Morgan fingerprint density at radius 1 is 1.44 bits per heavy atom. The van der Waals surface area contributed by atoms with Gasteiger partial charge < -0.3 is 10.4 Å². The van der Waals surface area contributed by atoms with Crippen molar-refractivity contribution in [2.24, 2.45) is 5.92 Å². The highest BCUT2D eigenvalue weighted by molar-refractivity contribution is 5.90. The van der Waals surface area contributed by atoms with E-state index in [0.29, 0.717) is 12.3 Å². The first-order valence-electron chi connectivity index (χ1n) is 6.11. The zero-order chi connectivity index (χ0) is 13.4. The molecule has 0 saturated heterocycles. The molecular formula is C15H19NO2. The van der Waals surface area contributed by atoms with E-state index in [9.17, 15) is 4.79 Å². The molecule has 2 N–H and O–H groups in total. The van der Waals surface area contributed by atoms with Gasteiger partial charge in [-0.3, -0.25) is 4.79 Å². The highest BCUT2D eigenvalue weighted by Crippen LogP contribution is 2.11. The van der Waals surface area contributed by atoms with Gasteiger partial charge >= 0.3 is 0 Å². The molecule has 1 amide bonds. The molecule has 0 aliphatic heterocycles. The molecule has 96 valence electrons. The van der Waals surface area contributed by atoms with Gasteiger partial charge in [0.2, 0.25) is 5.91 Å². The molecule has 0 atom stereocenters. The third kappa shape index (κ3) is 5.51. The summed E-state index contributed by atoms with van der Waals surface area (Å²) in [5, 5.41) is 11.5. The van der Waals surface area contributed by atoms with E-state index in [4.69, 9.17) is 5.11 Å². The molecule has 0 heterocycles. The predicted molar refractivity (Wildman–Crippen MR) is 73.1 cm³/mol.